The topological polar surface area (TPSA) is 73.6 Å². The number of rotatable bonds is 12. The number of anilines is 1. The van der Waals surface area contributed by atoms with Gasteiger partial charge in [-0.2, -0.15) is 13.2 Å². The number of nitrogens with one attached hydrogen (secondary N) is 1. The summed E-state index contributed by atoms with van der Waals surface area (Å²) >= 11 is 0. The van der Waals surface area contributed by atoms with Gasteiger partial charge in [0.2, 0.25) is 0 Å². The Balaban J connectivity index is 0.000000794. The Hall–Kier alpha value is -4.86. The molecule has 262 valence electrons. The molecule has 0 spiro atoms. The zero-order valence-corrected chi connectivity index (χ0v) is 28.3. The summed E-state index contributed by atoms with van der Waals surface area (Å²) in [6.07, 6.45) is 2.31. The van der Waals surface area contributed by atoms with Gasteiger partial charge in [-0.1, -0.05) is 61.9 Å². The molecule has 0 unspecified atom stereocenters. The lowest BCUT2D eigenvalue weighted by atomic mass is 10.1. The molecule has 0 aliphatic rings. The van der Waals surface area contributed by atoms with E-state index in [-0.39, 0.29) is 17.9 Å². The van der Waals surface area contributed by atoms with Crippen LogP contribution in [0.2, 0.25) is 0 Å². The smallest absolute Gasteiger partial charge is 0.416 e. The lowest BCUT2D eigenvalue weighted by Gasteiger charge is -2.16. The molecule has 0 aliphatic carbocycles. The summed E-state index contributed by atoms with van der Waals surface area (Å²) in [5.74, 6) is -1.37. The lowest BCUT2D eigenvalue weighted by molar-refractivity contribution is -0.0980. The normalized spacial score (nSPS) is 11.3. The second-order valence-electron chi connectivity index (χ2n) is 10.3. The van der Waals surface area contributed by atoms with E-state index in [9.17, 15) is 22.0 Å². The highest BCUT2D eigenvalue weighted by Crippen LogP contribution is 2.34. The fourth-order valence-electron chi connectivity index (χ4n) is 3.38. The highest BCUT2D eigenvalue weighted by molar-refractivity contribution is 5.53. The van der Waals surface area contributed by atoms with E-state index in [4.69, 9.17) is 20.0 Å². The summed E-state index contributed by atoms with van der Waals surface area (Å²) in [7, 11) is 0. The number of allylic oxidation sites excluding steroid dienone is 4. The van der Waals surface area contributed by atoms with Crippen LogP contribution >= 0.6 is 0 Å². The summed E-state index contributed by atoms with van der Waals surface area (Å²) in [5.41, 5.74) is 7.17. The molecule has 3 rings (SSSR count). The quantitative estimate of drug-likeness (QED) is 0.114. The number of hydrogen-bond donors (Lipinski definition) is 2. The van der Waals surface area contributed by atoms with Gasteiger partial charge in [-0.05, 0) is 81.3 Å². The summed E-state index contributed by atoms with van der Waals surface area (Å²) in [6.45, 7) is 18.2. The number of benzene rings is 3. The third-order valence-electron chi connectivity index (χ3n) is 6.00. The van der Waals surface area contributed by atoms with Gasteiger partial charge in [-0.15, -0.1) is 6.58 Å². The van der Waals surface area contributed by atoms with Crippen molar-refractivity contribution < 1.29 is 36.2 Å². The van der Waals surface area contributed by atoms with Crippen LogP contribution in [-0.2, 0) is 10.7 Å². The Morgan fingerprint density at radius 1 is 0.854 bits per heavy atom. The molecule has 3 aromatic rings. The van der Waals surface area contributed by atoms with E-state index in [0.29, 0.717) is 22.9 Å². The van der Waals surface area contributed by atoms with Gasteiger partial charge in [0.05, 0.1) is 5.57 Å². The number of alkyl halides is 5. The van der Waals surface area contributed by atoms with Gasteiger partial charge in [-0.25, -0.2) is 8.78 Å². The van der Waals surface area contributed by atoms with Crippen LogP contribution in [0.4, 0.5) is 27.6 Å². The van der Waals surface area contributed by atoms with Crippen molar-refractivity contribution in [1.29, 1.82) is 0 Å². The Kier molecular flexibility index (Phi) is 20.3. The third-order valence-corrected chi connectivity index (χ3v) is 6.00. The van der Waals surface area contributed by atoms with Crippen LogP contribution in [0.3, 0.4) is 0 Å². The maximum atomic E-state index is 13.6. The zero-order chi connectivity index (χ0) is 36.8. The monoisotopic (exact) mass is 674 g/mol. The van der Waals surface area contributed by atoms with Gasteiger partial charge in [0.25, 0.3) is 5.92 Å². The van der Waals surface area contributed by atoms with Gasteiger partial charge in [0.1, 0.15) is 30.6 Å². The molecular weight excluding hydrogens is 627 g/mol. The second-order valence-corrected chi connectivity index (χ2v) is 10.3. The predicted octanol–water partition coefficient (Wildman–Crippen LogP) is 11.0. The minimum Gasteiger partial charge on any atom is -0.490 e. The van der Waals surface area contributed by atoms with Crippen LogP contribution in [0.25, 0.3) is 0 Å². The van der Waals surface area contributed by atoms with Gasteiger partial charge in [0, 0.05) is 36.5 Å². The van der Waals surface area contributed by atoms with Crippen LogP contribution in [0.15, 0.2) is 115 Å². The van der Waals surface area contributed by atoms with Crippen LogP contribution in [0.1, 0.15) is 50.3 Å². The molecule has 0 amide bonds. The minimum absolute atomic E-state index is 0.0519. The molecule has 3 N–H and O–H groups in total. The SMILES string of the molecule is C=C/C(N)=C\C(=C/COc1ccc(C)cc1)C(F)(F)F.C=CCC.C=O.CCCNc1cc(Oc2ccc(C)cc2)cc(C(C)(F)F)c1. The number of aryl methyl sites for hydroxylation is 2. The van der Waals surface area contributed by atoms with Gasteiger partial charge < -0.3 is 25.3 Å². The van der Waals surface area contributed by atoms with E-state index >= 15 is 0 Å². The van der Waals surface area contributed by atoms with Crippen LogP contribution < -0.4 is 20.5 Å². The molecule has 0 aromatic heterocycles. The van der Waals surface area contributed by atoms with E-state index in [2.05, 4.69) is 25.4 Å². The maximum Gasteiger partial charge on any atom is 0.416 e. The van der Waals surface area contributed by atoms with Crippen molar-refractivity contribution in [3.8, 4) is 17.2 Å². The van der Waals surface area contributed by atoms with Crippen molar-refractivity contribution in [1.82, 2.24) is 0 Å². The first kappa shape index (κ1) is 43.1. The van der Waals surface area contributed by atoms with E-state index in [1.54, 1.807) is 18.2 Å². The second kappa shape index (κ2) is 22.6. The first-order valence-corrected chi connectivity index (χ1v) is 15.1. The number of halogens is 5. The number of carbonyl (C=O) groups excluding carboxylic acids is 1. The summed E-state index contributed by atoms with van der Waals surface area (Å²) < 4.78 is 76.4. The molecule has 0 fully saturated rings. The zero-order valence-electron chi connectivity index (χ0n) is 28.3. The molecule has 3 aromatic carbocycles. The minimum atomic E-state index is -4.48. The predicted molar refractivity (Wildman–Crippen MR) is 187 cm³/mol. The number of ether oxygens (including phenoxy) is 2. The molecule has 0 saturated heterocycles. The van der Waals surface area contributed by atoms with Crippen molar-refractivity contribution in [2.75, 3.05) is 18.5 Å². The summed E-state index contributed by atoms with van der Waals surface area (Å²) in [4.78, 5) is 8.00. The Morgan fingerprint density at radius 2 is 1.38 bits per heavy atom. The van der Waals surface area contributed by atoms with Gasteiger partial charge in [0.15, 0.2) is 0 Å². The van der Waals surface area contributed by atoms with E-state index in [0.717, 1.165) is 55.7 Å². The average Bonchev–Trinajstić information content (AvgIpc) is 3.05. The Bertz CT molecular complexity index is 1430. The largest absolute Gasteiger partial charge is 0.490 e. The standard InChI is InChI=1S/C18H21F2NO.C15H16F3NO.C4H8.CH2O/c1-4-9-21-15-10-14(18(3,19)20)11-17(12-15)22-16-7-5-13(2)6-8-16;1-3-13(19)10-12(15(16,17)18)8-9-20-14-6-4-11(2)5-7-14;1-3-4-2;1-2/h5-8,10-12,21H,4,9H2,1-3H3;3-8,10H,1,9,19H2,2H3;3H,1,4H2,2H3;1H2/b;12-8+,13-10+;;. The first-order chi connectivity index (χ1) is 22.6. The van der Waals surface area contributed by atoms with Crippen molar-refractivity contribution in [3.05, 3.63) is 132 Å². The van der Waals surface area contributed by atoms with Crippen molar-refractivity contribution in [3.63, 3.8) is 0 Å². The molecule has 0 atom stereocenters. The van der Waals surface area contributed by atoms with Crippen LogP contribution in [0, 0.1) is 13.8 Å². The van der Waals surface area contributed by atoms with E-state index in [1.165, 1.54) is 12.1 Å². The molecule has 0 saturated carbocycles. The van der Waals surface area contributed by atoms with Crippen molar-refractivity contribution in [2.45, 2.75) is 59.6 Å². The fourth-order valence-corrected chi connectivity index (χ4v) is 3.38. The lowest BCUT2D eigenvalue weighted by Crippen LogP contribution is -2.13. The average molecular weight is 675 g/mol. The maximum absolute atomic E-state index is 13.6. The Labute approximate surface area is 281 Å². The molecule has 48 heavy (non-hydrogen) atoms. The first-order valence-electron chi connectivity index (χ1n) is 15.1. The molecule has 0 radical (unpaired) electrons. The van der Waals surface area contributed by atoms with E-state index in [1.807, 2.05) is 70.0 Å². The van der Waals surface area contributed by atoms with Gasteiger partial charge >= 0.3 is 6.18 Å². The highest BCUT2D eigenvalue weighted by atomic mass is 19.4. The number of carbonyl (C=O) groups is 1. The van der Waals surface area contributed by atoms with Crippen molar-refractivity contribution >= 4 is 12.5 Å². The van der Waals surface area contributed by atoms with Gasteiger partial charge in [-0.3, -0.25) is 0 Å². The highest BCUT2D eigenvalue weighted by Gasteiger charge is 2.32. The molecule has 0 bridgehead atoms. The summed E-state index contributed by atoms with van der Waals surface area (Å²) in [6, 6.07) is 19.1. The molecule has 5 nitrogen and oxygen atoms in total. The molecule has 0 aliphatic heterocycles. The van der Waals surface area contributed by atoms with Crippen molar-refractivity contribution in [2.24, 2.45) is 5.73 Å². The summed E-state index contributed by atoms with van der Waals surface area (Å²) in [5, 5.41) is 3.13. The molecule has 0 heterocycles. The van der Waals surface area contributed by atoms with Crippen LogP contribution in [-0.4, -0.2) is 26.1 Å². The Morgan fingerprint density at radius 3 is 1.81 bits per heavy atom. The third kappa shape index (κ3) is 18.3. The number of nitrogens with two attached hydrogens (primary N) is 1. The fraction of sp³-hybridized carbons (Fsp3) is 0.289. The van der Waals surface area contributed by atoms with Crippen LogP contribution in [0.5, 0.6) is 17.2 Å². The van der Waals surface area contributed by atoms with E-state index < -0.39 is 17.7 Å². The molecular formula is C38H47F5N2O3. The number of hydrogen-bond acceptors (Lipinski definition) is 5. The molecule has 10 heteroatoms.